The average molecular weight is 218 g/mol. The third kappa shape index (κ3) is 1.95. The molecule has 0 bridgehead atoms. The predicted octanol–water partition coefficient (Wildman–Crippen LogP) is 2.23. The molecule has 1 aromatic rings. The first-order valence-electron chi connectivity index (χ1n) is 5.56. The molecule has 0 aliphatic carbocycles. The summed E-state index contributed by atoms with van der Waals surface area (Å²) >= 11 is 0. The van der Waals surface area contributed by atoms with Crippen LogP contribution in [0.15, 0.2) is 18.2 Å². The number of hydrogen-bond donors (Lipinski definition) is 2. The number of carbonyl (C=O) groups excluding carboxylic acids is 1. The van der Waals surface area contributed by atoms with Crippen molar-refractivity contribution in [3.05, 3.63) is 29.3 Å². The third-order valence-electron chi connectivity index (χ3n) is 3.05. The zero-order valence-electron chi connectivity index (χ0n) is 10.0. The zero-order chi connectivity index (χ0) is 11.9. The summed E-state index contributed by atoms with van der Waals surface area (Å²) in [5.41, 5.74) is 9.31. The van der Waals surface area contributed by atoms with Crippen molar-refractivity contribution in [2.24, 2.45) is 11.1 Å². The fourth-order valence-electron chi connectivity index (χ4n) is 1.94. The first-order valence-corrected chi connectivity index (χ1v) is 5.56. The van der Waals surface area contributed by atoms with E-state index in [0.29, 0.717) is 6.42 Å². The van der Waals surface area contributed by atoms with Crippen molar-refractivity contribution in [2.45, 2.75) is 33.2 Å². The van der Waals surface area contributed by atoms with Crippen LogP contribution in [0.5, 0.6) is 0 Å². The number of hydrogen-bond acceptors (Lipinski definition) is 2. The highest BCUT2D eigenvalue weighted by atomic mass is 16.1. The van der Waals surface area contributed by atoms with Gasteiger partial charge in [-0.3, -0.25) is 4.79 Å². The van der Waals surface area contributed by atoms with Gasteiger partial charge in [0.25, 0.3) is 0 Å². The number of anilines is 1. The van der Waals surface area contributed by atoms with Gasteiger partial charge in [-0.25, -0.2) is 0 Å². The quantitative estimate of drug-likeness (QED) is 0.759. The van der Waals surface area contributed by atoms with Crippen molar-refractivity contribution in [3.8, 4) is 0 Å². The topological polar surface area (TPSA) is 55.1 Å². The Kier molecular flexibility index (Phi) is 2.50. The van der Waals surface area contributed by atoms with Gasteiger partial charge in [0.2, 0.25) is 5.91 Å². The molecule has 2 rings (SSSR count). The third-order valence-corrected chi connectivity index (χ3v) is 3.05. The Morgan fingerprint density at radius 2 is 2.06 bits per heavy atom. The SMILES string of the molecule is CC(C)(C)C(N)c1ccc2c(c1)CC(=O)N2. The molecule has 1 unspecified atom stereocenters. The molecule has 86 valence electrons. The number of fused-ring (bicyclic) bond motifs is 1. The van der Waals surface area contributed by atoms with Crippen LogP contribution in [-0.2, 0) is 11.2 Å². The summed E-state index contributed by atoms with van der Waals surface area (Å²) in [6, 6.07) is 5.98. The molecule has 1 aromatic carbocycles. The summed E-state index contributed by atoms with van der Waals surface area (Å²) < 4.78 is 0. The van der Waals surface area contributed by atoms with Gasteiger partial charge in [0.05, 0.1) is 6.42 Å². The lowest BCUT2D eigenvalue weighted by Crippen LogP contribution is -2.26. The molecule has 1 heterocycles. The number of benzene rings is 1. The number of rotatable bonds is 1. The van der Waals surface area contributed by atoms with E-state index in [4.69, 9.17) is 5.73 Å². The molecule has 0 aromatic heterocycles. The highest BCUT2D eigenvalue weighted by molar-refractivity contribution is 5.99. The molecule has 0 saturated carbocycles. The van der Waals surface area contributed by atoms with E-state index in [1.807, 2.05) is 18.2 Å². The maximum absolute atomic E-state index is 11.2. The van der Waals surface area contributed by atoms with Gasteiger partial charge >= 0.3 is 0 Å². The predicted molar refractivity (Wildman–Crippen MR) is 65.2 cm³/mol. The molecule has 1 aliphatic heterocycles. The number of nitrogens with one attached hydrogen (secondary N) is 1. The van der Waals surface area contributed by atoms with Crippen LogP contribution < -0.4 is 11.1 Å². The smallest absolute Gasteiger partial charge is 0.228 e. The van der Waals surface area contributed by atoms with Crippen LogP contribution in [0.3, 0.4) is 0 Å². The normalized spacial score (nSPS) is 16.9. The number of carbonyl (C=O) groups is 1. The van der Waals surface area contributed by atoms with Crippen molar-refractivity contribution in [1.29, 1.82) is 0 Å². The number of nitrogens with two attached hydrogens (primary N) is 1. The van der Waals surface area contributed by atoms with Gasteiger partial charge in [-0.2, -0.15) is 0 Å². The van der Waals surface area contributed by atoms with Crippen molar-refractivity contribution in [3.63, 3.8) is 0 Å². The minimum atomic E-state index is -0.00602. The molecule has 1 atom stereocenters. The fraction of sp³-hybridized carbons (Fsp3) is 0.462. The zero-order valence-corrected chi connectivity index (χ0v) is 10.0. The maximum atomic E-state index is 11.2. The average Bonchev–Trinajstić information content (AvgIpc) is 2.54. The van der Waals surface area contributed by atoms with E-state index in [9.17, 15) is 4.79 Å². The lowest BCUT2D eigenvalue weighted by Gasteiger charge is -2.27. The van der Waals surface area contributed by atoms with Gasteiger partial charge in [0.15, 0.2) is 0 Å². The Balaban J connectivity index is 2.33. The molecule has 3 nitrogen and oxygen atoms in total. The molecule has 3 heteroatoms. The summed E-state index contributed by atoms with van der Waals surface area (Å²) in [7, 11) is 0. The van der Waals surface area contributed by atoms with Gasteiger partial charge in [-0.15, -0.1) is 0 Å². The second-order valence-corrected chi connectivity index (χ2v) is 5.49. The monoisotopic (exact) mass is 218 g/mol. The van der Waals surface area contributed by atoms with Gasteiger partial charge < -0.3 is 11.1 Å². The van der Waals surface area contributed by atoms with E-state index in [2.05, 4.69) is 26.1 Å². The first kappa shape index (κ1) is 11.1. The van der Waals surface area contributed by atoms with Gasteiger partial charge in [-0.1, -0.05) is 32.9 Å². The first-order chi connectivity index (χ1) is 7.38. The lowest BCUT2D eigenvalue weighted by atomic mass is 9.82. The van der Waals surface area contributed by atoms with E-state index in [1.54, 1.807) is 0 Å². The van der Waals surface area contributed by atoms with Crippen LogP contribution in [0, 0.1) is 5.41 Å². The van der Waals surface area contributed by atoms with Crippen LogP contribution in [0.25, 0.3) is 0 Å². The van der Waals surface area contributed by atoms with Gasteiger partial charge in [0, 0.05) is 11.7 Å². The molecule has 0 radical (unpaired) electrons. The minimum absolute atomic E-state index is 0.00602. The Labute approximate surface area is 96.0 Å². The second-order valence-electron chi connectivity index (χ2n) is 5.49. The highest BCUT2D eigenvalue weighted by Crippen LogP contribution is 2.33. The van der Waals surface area contributed by atoms with Crippen LogP contribution in [0.4, 0.5) is 5.69 Å². The summed E-state index contributed by atoms with van der Waals surface area (Å²) in [6.45, 7) is 6.36. The van der Waals surface area contributed by atoms with Crippen molar-refractivity contribution in [2.75, 3.05) is 5.32 Å². The largest absolute Gasteiger partial charge is 0.326 e. The van der Waals surface area contributed by atoms with Crippen molar-refractivity contribution in [1.82, 2.24) is 0 Å². The second kappa shape index (κ2) is 3.59. The standard InChI is InChI=1S/C13H18N2O/c1-13(2,3)12(14)8-4-5-10-9(6-8)7-11(16)15-10/h4-6,12H,7,14H2,1-3H3,(H,15,16). The lowest BCUT2D eigenvalue weighted by molar-refractivity contribution is -0.115. The van der Waals surface area contributed by atoms with Crippen molar-refractivity contribution < 1.29 is 4.79 Å². The fourth-order valence-corrected chi connectivity index (χ4v) is 1.94. The van der Waals surface area contributed by atoms with Gasteiger partial charge in [-0.05, 0) is 22.6 Å². The Morgan fingerprint density at radius 3 is 2.69 bits per heavy atom. The molecule has 1 aliphatic rings. The number of amides is 1. The van der Waals surface area contributed by atoms with Crippen LogP contribution in [0.1, 0.15) is 37.9 Å². The molecule has 1 amide bonds. The van der Waals surface area contributed by atoms with E-state index in [0.717, 1.165) is 16.8 Å². The van der Waals surface area contributed by atoms with Crippen LogP contribution >= 0.6 is 0 Å². The maximum Gasteiger partial charge on any atom is 0.228 e. The van der Waals surface area contributed by atoms with Crippen molar-refractivity contribution >= 4 is 11.6 Å². The Bertz CT molecular complexity index is 432. The van der Waals surface area contributed by atoms with Gasteiger partial charge in [0.1, 0.15) is 0 Å². The van der Waals surface area contributed by atoms with Crippen LogP contribution in [-0.4, -0.2) is 5.91 Å². The molecule has 0 fully saturated rings. The van der Waals surface area contributed by atoms with E-state index in [-0.39, 0.29) is 17.4 Å². The summed E-state index contributed by atoms with van der Waals surface area (Å²) in [6.07, 6.45) is 0.472. The molecule has 3 N–H and O–H groups in total. The van der Waals surface area contributed by atoms with E-state index >= 15 is 0 Å². The molecule has 0 saturated heterocycles. The Morgan fingerprint density at radius 1 is 1.38 bits per heavy atom. The highest BCUT2D eigenvalue weighted by Gasteiger charge is 2.24. The molecule has 0 spiro atoms. The summed E-state index contributed by atoms with van der Waals surface area (Å²) in [4.78, 5) is 11.2. The minimum Gasteiger partial charge on any atom is -0.326 e. The Hall–Kier alpha value is -1.35. The molecule has 16 heavy (non-hydrogen) atoms. The molecular weight excluding hydrogens is 200 g/mol. The van der Waals surface area contributed by atoms with E-state index < -0.39 is 0 Å². The summed E-state index contributed by atoms with van der Waals surface area (Å²) in [5.74, 6) is 0.0662. The summed E-state index contributed by atoms with van der Waals surface area (Å²) in [5, 5.41) is 2.82. The molecular formula is C13H18N2O. The van der Waals surface area contributed by atoms with Crippen LogP contribution in [0.2, 0.25) is 0 Å². The van der Waals surface area contributed by atoms with E-state index in [1.165, 1.54) is 0 Å².